The molecule has 0 unspecified atom stereocenters. The van der Waals surface area contributed by atoms with Gasteiger partial charge in [-0.2, -0.15) is 0 Å². The van der Waals surface area contributed by atoms with Crippen LogP contribution in [0.15, 0.2) is 29.1 Å². The SMILES string of the molecule is Cc1cc(-c2ccc3[nH]c(=O)[nH]c3c2)nc(=S)[nH]1. The molecule has 5 nitrogen and oxygen atoms in total. The zero-order chi connectivity index (χ0) is 12.7. The van der Waals surface area contributed by atoms with Crippen LogP contribution in [0.3, 0.4) is 0 Å². The van der Waals surface area contributed by atoms with Crippen LogP contribution >= 0.6 is 12.2 Å². The molecular formula is C12H10N4OS. The van der Waals surface area contributed by atoms with Gasteiger partial charge in [-0.15, -0.1) is 0 Å². The second-order valence-electron chi connectivity index (χ2n) is 4.09. The fourth-order valence-electron chi connectivity index (χ4n) is 1.92. The predicted octanol–water partition coefficient (Wildman–Crippen LogP) is 2.28. The van der Waals surface area contributed by atoms with Crippen LogP contribution in [0.5, 0.6) is 0 Å². The molecule has 0 bridgehead atoms. The number of fused-ring (bicyclic) bond motifs is 1. The van der Waals surface area contributed by atoms with E-state index in [9.17, 15) is 4.79 Å². The predicted molar refractivity (Wildman–Crippen MR) is 72.1 cm³/mol. The van der Waals surface area contributed by atoms with Crippen LogP contribution in [-0.2, 0) is 0 Å². The molecule has 0 radical (unpaired) electrons. The summed E-state index contributed by atoms with van der Waals surface area (Å²) in [6, 6.07) is 7.55. The molecule has 3 aromatic rings. The molecule has 2 aromatic heterocycles. The Balaban J connectivity index is 2.24. The molecule has 3 N–H and O–H groups in total. The molecule has 90 valence electrons. The smallest absolute Gasteiger partial charge is 0.323 e. The van der Waals surface area contributed by atoms with Crippen molar-refractivity contribution in [3.8, 4) is 11.3 Å². The van der Waals surface area contributed by atoms with Crippen molar-refractivity contribution in [3.63, 3.8) is 0 Å². The van der Waals surface area contributed by atoms with E-state index >= 15 is 0 Å². The van der Waals surface area contributed by atoms with Crippen molar-refractivity contribution in [3.05, 3.63) is 45.2 Å². The van der Waals surface area contributed by atoms with E-state index in [0.29, 0.717) is 4.77 Å². The van der Waals surface area contributed by atoms with Crippen molar-refractivity contribution in [2.45, 2.75) is 6.92 Å². The van der Waals surface area contributed by atoms with Gasteiger partial charge in [0.1, 0.15) is 0 Å². The first-order valence-electron chi connectivity index (χ1n) is 5.42. The number of aryl methyl sites for hydroxylation is 1. The van der Waals surface area contributed by atoms with Crippen LogP contribution in [0.2, 0.25) is 0 Å². The third-order valence-electron chi connectivity index (χ3n) is 2.69. The van der Waals surface area contributed by atoms with Crippen LogP contribution in [-0.4, -0.2) is 19.9 Å². The highest BCUT2D eigenvalue weighted by Gasteiger charge is 2.04. The molecule has 3 rings (SSSR count). The highest BCUT2D eigenvalue weighted by atomic mass is 32.1. The number of imidazole rings is 1. The van der Waals surface area contributed by atoms with E-state index in [1.807, 2.05) is 31.2 Å². The fraction of sp³-hybridized carbons (Fsp3) is 0.0833. The van der Waals surface area contributed by atoms with Crippen LogP contribution < -0.4 is 5.69 Å². The Labute approximate surface area is 107 Å². The van der Waals surface area contributed by atoms with Gasteiger partial charge in [-0.1, -0.05) is 6.07 Å². The largest absolute Gasteiger partial charge is 0.335 e. The average molecular weight is 258 g/mol. The maximum absolute atomic E-state index is 11.2. The van der Waals surface area contributed by atoms with Crippen LogP contribution in [0, 0.1) is 11.7 Å². The standard InChI is InChI=1S/C12H10N4OS/c1-6-4-9(16-12(18)13-6)7-2-3-8-10(5-7)15-11(17)14-8/h2-5H,1H3,(H,13,16,18)(H2,14,15,17). The Hall–Kier alpha value is -2.21. The van der Waals surface area contributed by atoms with E-state index in [1.54, 1.807) is 0 Å². The maximum atomic E-state index is 11.2. The first-order chi connectivity index (χ1) is 8.61. The number of nitrogens with one attached hydrogen (secondary N) is 3. The van der Waals surface area contributed by atoms with E-state index < -0.39 is 0 Å². The summed E-state index contributed by atoms with van der Waals surface area (Å²) in [5, 5.41) is 0. The Kier molecular flexibility index (Phi) is 2.38. The van der Waals surface area contributed by atoms with Gasteiger partial charge in [-0.25, -0.2) is 9.78 Å². The molecule has 0 aliphatic rings. The first kappa shape index (κ1) is 10.9. The van der Waals surface area contributed by atoms with E-state index in [2.05, 4.69) is 19.9 Å². The van der Waals surface area contributed by atoms with Crippen molar-refractivity contribution in [1.82, 2.24) is 19.9 Å². The summed E-state index contributed by atoms with van der Waals surface area (Å²) in [7, 11) is 0. The van der Waals surface area contributed by atoms with Gasteiger partial charge in [0.15, 0.2) is 4.77 Å². The summed E-state index contributed by atoms with van der Waals surface area (Å²) in [5.41, 5.74) is 3.99. The van der Waals surface area contributed by atoms with Crippen molar-refractivity contribution < 1.29 is 0 Å². The number of rotatable bonds is 1. The molecule has 0 atom stereocenters. The second-order valence-corrected chi connectivity index (χ2v) is 4.48. The van der Waals surface area contributed by atoms with Gasteiger partial charge >= 0.3 is 5.69 Å². The average Bonchev–Trinajstić information content (AvgIpc) is 2.66. The Morgan fingerprint density at radius 1 is 1.11 bits per heavy atom. The van der Waals surface area contributed by atoms with Gasteiger partial charge < -0.3 is 15.0 Å². The van der Waals surface area contributed by atoms with Crippen molar-refractivity contribution >= 4 is 23.3 Å². The number of nitrogens with zero attached hydrogens (tertiary/aromatic N) is 1. The summed E-state index contributed by atoms with van der Waals surface area (Å²) in [6.07, 6.45) is 0. The molecule has 6 heteroatoms. The zero-order valence-corrected chi connectivity index (χ0v) is 10.4. The normalized spacial score (nSPS) is 10.9. The number of hydrogen-bond acceptors (Lipinski definition) is 3. The Morgan fingerprint density at radius 3 is 2.67 bits per heavy atom. The lowest BCUT2D eigenvalue weighted by Crippen LogP contribution is -1.99. The number of aromatic nitrogens is 4. The fourth-order valence-corrected chi connectivity index (χ4v) is 2.18. The monoisotopic (exact) mass is 258 g/mol. The molecule has 0 saturated heterocycles. The van der Waals surface area contributed by atoms with E-state index in [4.69, 9.17) is 12.2 Å². The number of hydrogen-bond donors (Lipinski definition) is 3. The van der Waals surface area contributed by atoms with Gasteiger partial charge in [-0.3, -0.25) is 0 Å². The van der Waals surface area contributed by atoms with Crippen molar-refractivity contribution in [1.29, 1.82) is 0 Å². The summed E-state index contributed by atoms with van der Waals surface area (Å²) >= 11 is 5.06. The lowest BCUT2D eigenvalue weighted by molar-refractivity contribution is 1.08. The van der Waals surface area contributed by atoms with E-state index in [0.717, 1.165) is 28.0 Å². The van der Waals surface area contributed by atoms with Gasteiger partial charge in [-0.05, 0) is 37.3 Å². The number of H-pyrrole nitrogens is 3. The minimum atomic E-state index is -0.211. The van der Waals surface area contributed by atoms with Gasteiger partial charge in [0.25, 0.3) is 0 Å². The molecular weight excluding hydrogens is 248 g/mol. The maximum Gasteiger partial charge on any atom is 0.323 e. The Bertz CT molecular complexity index is 843. The van der Waals surface area contributed by atoms with Crippen LogP contribution in [0.1, 0.15) is 5.69 Å². The third kappa shape index (κ3) is 1.86. The number of aromatic amines is 3. The summed E-state index contributed by atoms with van der Waals surface area (Å²) in [4.78, 5) is 23.9. The van der Waals surface area contributed by atoms with Gasteiger partial charge in [0.2, 0.25) is 0 Å². The van der Waals surface area contributed by atoms with Crippen molar-refractivity contribution in [2.75, 3.05) is 0 Å². The molecule has 0 amide bonds. The minimum Gasteiger partial charge on any atom is -0.335 e. The molecule has 18 heavy (non-hydrogen) atoms. The van der Waals surface area contributed by atoms with Gasteiger partial charge in [0, 0.05) is 11.3 Å². The molecule has 0 fully saturated rings. The lowest BCUT2D eigenvalue weighted by Gasteiger charge is -2.02. The zero-order valence-electron chi connectivity index (χ0n) is 9.57. The second kappa shape index (κ2) is 3.92. The molecule has 0 aliphatic heterocycles. The number of benzene rings is 1. The lowest BCUT2D eigenvalue weighted by atomic mass is 10.1. The third-order valence-corrected chi connectivity index (χ3v) is 2.88. The highest BCUT2D eigenvalue weighted by Crippen LogP contribution is 2.20. The summed E-state index contributed by atoms with van der Waals surface area (Å²) in [6.45, 7) is 1.93. The summed E-state index contributed by atoms with van der Waals surface area (Å²) < 4.78 is 0.452. The van der Waals surface area contributed by atoms with E-state index in [-0.39, 0.29) is 5.69 Å². The molecule has 0 saturated carbocycles. The quantitative estimate of drug-likeness (QED) is 0.586. The molecule has 0 aliphatic carbocycles. The van der Waals surface area contributed by atoms with Crippen LogP contribution in [0.25, 0.3) is 22.3 Å². The minimum absolute atomic E-state index is 0.211. The molecule has 2 heterocycles. The first-order valence-corrected chi connectivity index (χ1v) is 5.83. The van der Waals surface area contributed by atoms with Gasteiger partial charge in [0.05, 0.1) is 16.7 Å². The Morgan fingerprint density at radius 2 is 1.89 bits per heavy atom. The highest BCUT2D eigenvalue weighted by molar-refractivity contribution is 7.71. The topological polar surface area (TPSA) is 77.3 Å². The molecule has 1 aromatic carbocycles. The van der Waals surface area contributed by atoms with Crippen molar-refractivity contribution in [2.24, 2.45) is 0 Å². The van der Waals surface area contributed by atoms with E-state index in [1.165, 1.54) is 0 Å². The van der Waals surface area contributed by atoms with Crippen LogP contribution in [0.4, 0.5) is 0 Å². The molecule has 0 spiro atoms. The summed E-state index contributed by atoms with van der Waals surface area (Å²) in [5.74, 6) is 0.